The lowest BCUT2D eigenvalue weighted by molar-refractivity contribution is 0.186. The van der Waals surface area contributed by atoms with E-state index in [0.717, 1.165) is 24.5 Å². The van der Waals surface area contributed by atoms with Gasteiger partial charge in [0.1, 0.15) is 0 Å². The van der Waals surface area contributed by atoms with Crippen molar-refractivity contribution in [2.45, 2.75) is 99.8 Å². The molecule has 0 radical (unpaired) electrons. The fraction of sp³-hybridized carbons (Fsp3) is 0.459. The van der Waals surface area contributed by atoms with E-state index in [4.69, 9.17) is 0 Å². The van der Waals surface area contributed by atoms with Crippen molar-refractivity contribution in [3.63, 3.8) is 0 Å². The summed E-state index contributed by atoms with van der Waals surface area (Å²) in [5.41, 5.74) is 9.53. The van der Waals surface area contributed by atoms with Gasteiger partial charge in [-0.1, -0.05) is 101 Å². The lowest BCUT2D eigenvalue weighted by Crippen LogP contribution is -2.30. The maximum Gasteiger partial charge on any atom is 0.0178 e. The highest BCUT2D eigenvalue weighted by Crippen LogP contribution is 2.50. The van der Waals surface area contributed by atoms with Crippen LogP contribution in [0.15, 0.2) is 86.3 Å². The first-order valence-electron chi connectivity index (χ1n) is 14.2. The molecule has 0 bridgehead atoms. The van der Waals surface area contributed by atoms with Gasteiger partial charge in [-0.2, -0.15) is 0 Å². The number of hydrogen-bond donors (Lipinski definition) is 1. The minimum atomic E-state index is 0.281. The summed E-state index contributed by atoms with van der Waals surface area (Å²) < 4.78 is 0. The summed E-state index contributed by atoms with van der Waals surface area (Å²) in [6.45, 7) is 33.5. The largest absolute Gasteiger partial charge is 0.363 e. The van der Waals surface area contributed by atoms with Crippen LogP contribution in [-0.2, 0) is 6.42 Å². The van der Waals surface area contributed by atoms with Crippen LogP contribution in [0.1, 0.15) is 103 Å². The van der Waals surface area contributed by atoms with Crippen LogP contribution in [0.3, 0.4) is 0 Å². The topological polar surface area (TPSA) is 12.0 Å². The summed E-state index contributed by atoms with van der Waals surface area (Å²) in [5, 5.41) is 3.37. The second-order valence-corrected chi connectivity index (χ2v) is 10.2. The van der Waals surface area contributed by atoms with E-state index in [2.05, 4.69) is 117 Å². The zero-order valence-electron chi connectivity index (χ0n) is 25.9. The van der Waals surface area contributed by atoms with Crippen LogP contribution in [-0.4, -0.2) is 0 Å². The van der Waals surface area contributed by atoms with Gasteiger partial charge < -0.3 is 5.32 Å². The van der Waals surface area contributed by atoms with Crippen LogP contribution in [0.5, 0.6) is 0 Å². The molecule has 2 aliphatic rings. The molecule has 1 aliphatic carbocycles. The summed E-state index contributed by atoms with van der Waals surface area (Å²) in [5.74, 6) is 0.770. The minimum absolute atomic E-state index is 0.281. The summed E-state index contributed by atoms with van der Waals surface area (Å²) in [6.07, 6.45) is 23.9. The quantitative estimate of drug-likeness (QED) is 0.216. The summed E-state index contributed by atoms with van der Waals surface area (Å²) in [7, 11) is 0. The summed E-state index contributed by atoms with van der Waals surface area (Å²) in [4.78, 5) is 0. The lowest BCUT2D eigenvalue weighted by Gasteiger charge is -2.37. The highest BCUT2D eigenvalue weighted by atomic mass is 15.0. The molecule has 1 unspecified atom stereocenters. The van der Waals surface area contributed by atoms with Crippen molar-refractivity contribution in [2.24, 2.45) is 11.3 Å². The van der Waals surface area contributed by atoms with Gasteiger partial charge in [-0.3, -0.25) is 0 Å². The SMILES string of the molecule is C#C.C/C=C\C=C(C)C.C=C.C=C1CC(CC)(C(CCC)CCC)C(=C)N1.C=C1CCc2cc(C)ccc21. The van der Waals surface area contributed by atoms with Gasteiger partial charge in [-0.05, 0) is 88.8 Å². The third kappa shape index (κ3) is 12.0. The predicted octanol–water partition coefficient (Wildman–Crippen LogP) is 11.2. The fourth-order valence-corrected chi connectivity index (χ4v) is 5.26. The Morgan fingerprint density at radius 1 is 1.03 bits per heavy atom. The average Bonchev–Trinajstić information content (AvgIpc) is 3.43. The molecule has 1 aromatic carbocycles. The van der Waals surface area contributed by atoms with Crippen molar-refractivity contribution < 1.29 is 0 Å². The Morgan fingerprint density at radius 3 is 2.00 bits per heavy atom. The Hall–Kier alpha value is -2.98. The van der Waals surface area contributed by atoms with Gasteiger partial charge in [-0.15, -0.1) is 26.0 Å². The van der Waals surface area contributed by atoms with E-state index in [-0.39, 0.29) is 5.41 Å². The van der Waals surface area contributed by atoms with Gasteiger partial charge in [0.15, 0.2) is 0 Å². The summed E-state index contributed by atoms with van der Waals surface area (Å²) in [6, 6.07) is 6.63. The zero-order chi connectivity index (χ0) is 29.7. The molecule has 0 spiro atoms. The van der Waals surface area contributed by atoms with Gasteiger partial charge in [-0.25, -0.2) is 0 Å². The number of aryl methyl sites for hydroxylation is 2. The van der Waals surface area contributed by atoms with Gasteiger partial charge in [0.2, 0.25) is 0 Å². The maximum absolute atomic E-state index is 4.24. The van der Waals surface area contributed by atoms with E-state index in [0.29, 0.717) is 0 Å². The molecule has 0 aromatic heterocycles. The Morgan fingerprint density at radius 2 is 1.61 bits per heavy atom. The number of terminal acetylenes is 1. The predicted molar refractivity (Wildman–Crippen MR) is 176 cm³/mol. The zero-order valence-corrected chi connectivity index (χ0v) is 25.9. The molecular weight excluding hydrogens is 458 g/mol. The Balaban J connectivity index is 0. The Kier molecular flexibility index (Phi) is 20.6. The molecular formula is C37H57N. The lowest BCUT2D eigenvalue weighted by atomic mass is 9.67. The van der Waals surface area contributed by atoms with Crippen LogP contribution in [0.2, 0.25) is 0 Å². The van der Waals surface area contributed by atoms with E-state index in [9.17, 15) is 0 Å². The highest BCUT2D eigenvalue weighted by molar-refractivity contribution is 5.70. The maximum atomic E-state index is 4.24. The first-order valence-corrected chi connectivity index (χ1v) is 14.2. The third-order valence-electron chi connectivity index (χ3n) is 7.10. The second-order valence-electron chi connectivity index (χ2n) is 10.2. The molecule has 1 N–H and O–H groups in total. The molecule has 0 amide bonds. The molecule has 1 heteroatoms. The van der Waals surface area contributed by atoms with Crippen molar-refractivity contribution in [3.8, 4) is 12.8 Å². The van der Waals surface area contributed by atoms with E-state index in [1.54, 1.807) is 0 Å². The third-order valence-corrected chi connectivity index (χ3v) is 7.10. The Labute approximate surface area is 237 Å². The first-order chi connectivity index (χ1) is 18.1. The minimum Gasteiger partial charge on any atom is -0.363 e. The number of nitrogens with one attached hydrogen (secondary N) is 1. The molecule has 1 heterocycles. The molecule has 1 aliphatic heterocycles. The van der Waals surface area contributed by atoms with Crippen LogP contribution in [0.25, 0.3) is 5.57 Å². The van der Waals surface area contributed by atoms with Crippen LogP contribution in [0, 0.1) is 31.1 Å². The van der Waals surface area contributed by atoms with Crippen molar-refractivity contribution in [1.29, 1.82) is 0 Å². The van der Waals surface area contributed by atoms with E-state index >= 15 is 0 Å². The van der Waals surface area contributed by atoms with E-state index < -0.39 is 0 Å². The van der Waals surface area contributed by atoms with Gasteiger partial charge >= 0.3 is 0 Å². The van der Waals surface area contributed by atoms with Crippen molar-refractivity contribution in [1.82, 2.24) is 5.32 Å². The molecule has 3 rings (SSSR count). The molecule has 1 atom stereocenters. The van der Waals surface area contributed by atoms with Gasteiger partial charge in [0.25, 0.3) is 0 Å². The number of rotatable bonds is 7. The van der Waals surface area contributed by atoms with Crippen LogP contribution >= 0.6 is 0 Å². The number of hydrogen-bond acceptors (Lipinski definition) is 1. The fourth-order valence-electron chi connectivity index (χ4n) is 5.26. The Bertz CT molecular complexity index is 929. The molecule has 38 heavy (non-hydrogen) atoms. The smallest absolute Gasteiger partial charge is 0.0178 e. The van der Waals surface area contributed by atoms with Crippen molar-refractivity contribution >= 4 is 5.57 Å². The standard InChI is InChI=1S/C15H27N.C11H12.C7H12.C2H4.C2H2/c1-6-9-14(10-7-2)15(8-3)11-12(4)16-13(15)5;1-8-3-6-11-9(2)4-5-10(11)7-8;1-4-5-6-7(2)3;2*1-2/h14,16H,4-11H2,1-3H3;3,6-7H,2,4-5H2,1H3;4-6H,1-3H3;1-2H2;1-2H/b;;5-4-;;. The van der Waals surface area contributed by atoms with Gasteiger partial charge in [0.05, 0.1) is 0 Å². The average molecular weight is 516 g/mol. The van der Waals surface area contributed by atoms with Crippen molar-refractivity contribution in [2.75, 3.05) is 0 Å². The van der Waals surface area contributed by atoms with E-state index in [1.165, 1.54) is 72.1 Å². The number of benzene rings is 1. The molecule has 1 saturated heterocycles. The summed E-state index contributed by atoms with van der Waals surface area (Å²) >= 11 is 0. The molecule has 0 saturated carbocycles. The first kappa shape index (κ1) is 37.2. The molecule has 1 aromatic rings. The highest BCUT2D eigenvalue weighted by Gasteiger charge is 2.43. The number of allylic oxidation sites excluding steroid dienone is 7. The van der Waals surface area contributed by atoms with Crippen LogP contribution < -0.4 is 5.32 Å². The monoisotopic (exact) mass is 515 g/mol. The molecule has 1 nitrogen and oxygen atoms in total. The normalized spacial score (nSPS) is 16.9. The van der Waals surface area contributed by atoms with E-state index in [1.807, 2.05) is 19.1 Å². The molecule has 1 fully saturated rings. The van der Waals surface area contributed by atoms with Crippen LogP contribution in [0.4, 0.5) is 0 Å². The second kappa shape index (κ2) is 21.0. The van der Waals surface area contributed by atoms with Crippen molar-refractivity contribution in [3.05, 3.63) is 103 Å². The van der Waals surface area contributed by atoms with Gasteiger partial charge in [0, 0.05) is 16.8 Å². The molecule has 210 valence electrons. The number of fused-ring (bicyclic) bond motifs is 1.